The molecule has 6 heteroatoms. The maximum absolute atomic E-state index is 13.0. The highest BCUT2D eigenvalue weighted by Gasteiger charge is 2.40. The summed E-state index contributed by atoms with van der Waals surface area (Å²) < 4.78 is 0. The molecule has 2 saturated heterocycles. The van der Waals surface area contributed by atoms with E-state index >= 15 is 0 Å². The predicted molar refractivity (Wildman–Crippen MR) is 117 cm³/mol. The van der Waals surface area contributed by atoms with E-state index in [1.807, 2.05) is 22.3 Å². The van der Waals surface area contributed by atoms with Gasteiger partial charge in [0.15, 0.2) is 0 Å². The van der Waals surface area contributed by atoms with E-state index in [2.05, 4.69) is 50.5 Å². The summed E-state index contributed by atoms with van der Waals surface area (Å²) in [5.74, 6) is 1.46. The smallest absolute Gasteiger partial charge is 0.250 e. The summed E-state index contributed by atoms with van der Waals surface area (Å²) >= 11 is 0. The first-order valence-electron chi connectivity index (χ1n) is 11.3. The van der Waals surface area contributed by atoms with E-state index in [1.165, 1.54) is 11.1 Å². The van der Waals surface area contributed by atoms with Crippen molar-refractivity contribution < 1.29 is 9.59 Å². The van der Waals surface area contributed by atoms with Gasteiger partial charge in [-0.2, -0.15) is 0 Å². The van der Waals surface area contributed by atoms with Crippen molar-refractivity contribution in [3.8, 4) is 0 Å². The van der Waals surface area contributed by atoms with E-state index in [1.54, 1.807) is 4.90 Å². The molecule has 2 unspecified atom stereocenters. The maximum Gasteiger partial charge on any atom is 0.250 e. The van der Waals surface area contributed by atoms with Crippen molar-refractivity contribution in [1.29, 1.82) is 0 Å². The zero-order chi connectivity index (χ0) is 21.3. The van der Waals surface area contributed by atoms with Gasteiger partial charge < -0.3 is 14.8 Å². The molecule has 3 aliphatic rings. The maximum atomic E-state index is 13.0. The number of carbonyl (C=O) groups is 2. The molecule has 30 heavy (non-hydrogen) atoms. The molecule has 0 bridgehead atoms. The molecule has 2 atom stereocenters. The molecule has 0 radical (unpaired) electrons. The Bertz CT molecular complexity index is 796. The van der Waals surface area contributed by atoms with Gasteiger partial charge in [-0.1, -0.05) is 45.0 Å². The van der Waals surface area contributed by atoms with Crippen LogP contribution in [-0.2, 0) is 9.59 Å². The van der Waals surface area contributed by atoms with Crippen LogP contribution in [0, 0.1) is 5.92 Å². The van der Waals surface area contributed by atoms with Crippen LogP contribution in [0.3, 0.4) is 0 Å². The Balaban J connectivity index is 1.32. The Kier molecular flexibility index (Phi) is 6.14. The first kappa shape index (κ1) is 20.9. The molecule has 3 heterocycles. The van der Waals surface area contributed by atoms with Crippen LogP contribution in [0.15, 0.2) is 36.7 Å². The Labute approximate surface area is 179 Å². The van der Waals surface area contributed by atoms with Gasteiger partial charge in [-0.25, -0.2) is 5.43 Å². The standard InChI is InChI=1S/C24H34N4O2/c1-17(2)19-4-6-20(7-5-19)21-16-22-24(30)27(14-15-28(22)25-21)13-10-23(29)26-11-8-18(3)9-12-26/h4-7,14-15,17-18,21-22,25H,8-13,16H2,1-3H3. The Morgan fingerprint density at radius 1 is 1.13 bits per heavy atom. The van der Waals surface area contributed by atoms with Crippen molar-refractivity contribution in [1.82, 2.24) is 20.2 Å². The van der Waals surface area contributed by atoms with E-state index in [4.69, 9.17) is 0 Å². The molecular weight excluding hydrogens is 376 g/mol. The molecule has 4 rings (SSSR count). The molecule has 0 aromatic heterocycles. The van der Waals surface area contributed by atoms with Gasteiger partial charge in [0.25, 0.3) is 5.91 Å². The van der Waals surface area contributed by atoms with Gasteiger partial charge in [0.05, 0.1) is 6.04 Å². The van der Waals surface area contributed by atoms with Crippen LogP contribution in [0.25, 0.3) is 0 Å². The number of nitrogens with zero attached hydrogens (tertiary/aromatic N) is 3. The van der Waals surface area contributed by atoms with Crippen LogP contribution >= 0.6 is 0 Å². The number of benzene rings is 1. The highest BCUT2D eigenvalue weighted by Crippen LogP contribution is 2.31. The topological polar surface area (TPSA) is 55.9 Å². The van der Waals surface area contributed by atoms with E-state index < -0.39 is 0 Å². The highest BCUT2D eigenvalue weighted by molar-refractivity contribution is 5.85. The molecule has 3 aliphatic heterocycles. The van der Waals surface area contributed by atoms with Crippen molar-refractivity contribution in [2.75, 3.05) is 19.6 Å². The fraction of sp³-hybridized carbons (Fsp3) is 0.583. The molecule has 0 aliphatic carbocycles. The first-order chi connectivity index (χ1) is 14.4. The minimum Gasteiger partial charge on any atom is -0.343 e. The molecule has 1 aromatic carbocycles. The number of rotatable bonds is 5. The zero-order valence-corrected chi connectivity index (χ0v) is 18.4. The summed E-state index contributed by atoms with van der Waals surface area (Å²) in [7, 11) is 0. The molecule has 6 nitrogen and oxygen atoms in total. The molecule has 2 amide bonds. The van der Waals surface area contributed by atoms with E-state index in [9.17, 15) is 9.59 Å². The second-order valence-corrected chi connectivity index (χ2v) is 9.30. The lowest BCUT2D eigenvalue weighted by atomic mass is 9.97. The predicted octanol–water partition coefficient (Wildman–Crippen LogP) is 3.39. The average molecular weight is 411 g/mol. The second-order valence-electron chi connectivity index (χ2n) is 9.30. The van der Waals surface area contributed by atoms with Gasteiger partial charge >= 0.3 is 0 Å². The molecule has 0 spiro atoms. The number of amides is 2. The number of fused-ring (bicyclic) bond motifs is 1. The number of likely N-dealkylation sites (tertiary alicyclic amines) is 1. The molecule has 1 N–H and O–H groups in total. The molecular formula is C24H34N4O2. The third-order valence-corrected chi connectivity index (χ3v) is 6.78. The number of hydrogen-bond donors (Lipinski definition) is 1. The number of nitrogens with one attached hydrogen (secondary N) is 1. The van der Waals surface area contributed by atoms with E-state index in [-0.39, 0.29) is 23.9 Å². The third-order valence-electron chi connectivity index (χ3n) is 6.78. The third kappa shape index (κ3) is 4.38. The largest absolute Gasteiger partial charge is 0.343 e. The van der Waals surface area contributed by atoms with Crippen LogP contribution in [0.4, 0.5) is 0 Å². The van der Waals surface area contributed by atoms with Gasteiger partial charge in [0, 0.05) is 38.5 Å². The lowest BCUT2D eigenvalue weighted by Gasteiger charge is -2.33. The van der Waals surface area contributed by atoms with Crippen molar-refractivity contribution in [3.05, 3.63) is 47.8 Å². The summed E-state index contributed by atoms with van der Waals surface area (Å²) in [5.41, 5.74) is 5.98. The molecule has 0 saturated carbocycles. The number of piperidine rings is 1. The fourth-order valence-corrected chi connectivity index (χ4v) is 4.58. The SMILES string of the molecule is CC1CCN(C(=O)CCN2C=CN3NC(c4ccc(C(C)C)cc4)CC3C2=O)CC1. The van der Waals surface area contributed by atoms with Gasteiger partial charge in [-0.05, 0) is 42.2 Å². The lowest BCUT2D eigenvalue weighted by molar-refractivity contribution is -0.136. The minimum absolute atomic E-state index is 0.0753. The molecule has 162 valence electrons. The van der Waals surface area contributed by atoms with Gasteiger partial charge in [-0.3, -0.25) is 9.59 Å². The van der Waals surface area contributed by atoms with Crippen LogP contribution in [0.1, 0.15) is 69.5 Å². The number of hydrazine groups is 1. The summed E-state index contributed by atoms with van der Waals surface area (Å²) in [6, 6.07) is 8.59. The zero-order valence-electron chi connectivity index (χ0n) is 18.4. The molecule has 1 aromatic rings. The van der Waals surface area contributed by atoms with Gasteiger partial charge in [0.1, 0.15) is 6.04 Å². The Hall–Kier alpha value is -2.34. The summed E-state index contributed by atoms with van der Waals surface area (Å²) in [6.07, 6.45) is 7.03. The summed E-state index contributed by atoms with van der Waals surface area (Å²) in [6.45, 7) is 8.78. The van der Waals surface area contributed by atoms with Crippen LogP contribution in [0.2, 0.25) is 0 Å². The summed E-state index contributed by atoms with van der Waals surface area (Å²) in [4.78, 5) is 29.2. The van der Waals surface area contributed by atoms with Crippen molar-refractivity contribution in [3.63, 3.8) is 0 Å². The average Bonchev–Trinajstić information content (AvgIpc) is 3.19. The Morgan fingerprint density at radius 2 is 1.83 bits per heavy atom. The quantitative estimate of drug-likeness (QED) is 0.808. The van der Waals surface area contributed by atoms with Crippen molar-refractivity contribution in [2.24, 2.45) is 5.92 Å². The number of hydrogen-bond acceptors (Lipinski definition) is 4. The van der Waals surface area contributed by atoms with Gasteiger partial charge in [0.2, 0.25) is 5.91 Å². The van der Waals surface area contributed by atoms with Crippen LogP contribution < -0.4 is 5.43 Å². The highest BCUT2D eigenvalue weighted by atomic mass is 16.2. The van der Waals surface area contributed by atoms with E-state index in [0.29, 0.717) is 24.8 Å². The van der Waals surface area contributed by atoms with E-state index in [0.717, 1.165) is 32.4 Å². The fourth-order valence-electron chi connectivity index (χ4n) is 4.58. The van der Waals surface area contributed by atoms with Crippen molar-refractivity contribution >= 4 is 11.8 Å². The minimum atomic E-state index is -0.212. The monoisotopic (exact) mass is 410 g/mol. The lowest BCUT2D eigenvalue weighted by Crippen LogP contribution is -2.49. The normalized spacial score (nSPS) is 24.7. The number of carbonyl (C=O) groups excluding carboxylic acids is 2. The van der Waals surface area contributed by atoms with Crippen LogP contribution in [0.5, 0.6) is 0 Å². The molecule has 2 fully saturated rings. The summed E-state index contributed by atoms with van der Waals surface area (Å²) in [5, 5.41) is 1.92. The first-order valence-corrected chi connectivity index (χ1v) is 11.3. The van der Waals surface area contributed by atoms with Crippen molar-refractivity contribution in [2.45, 2.75) is 64.5 Å². The van der Waals surface area contributed by atoms with Crippen LogP contribution in [-0.4, -0.2) is 52.3 Å². The Morgan fingerprint density at radius 3 is 2.50 bits per heavy atom. The van der Waals surface area contributed by atoms with Gasteiger partial charge in [-0.15, -0.1) is 0 Å². The second kappa shape index (κ2) is 8.80.